The summed E-state index contributed by atoms with van der Waals surface area (Å²) in [6, 6.07) is 10.9. The third kappa shape index (κ3) is 4.18. The zero-order valence-corrected chi connectivity index (χ0v) is 14.7. The molecule has 2 aromatic carbocycles. The number of carbonyl (C=O) groups excluding carboxylic acids is 1. The SMILES string of the molecule is Cc1c(C(=O)Nc2ccc(CO)c(CO)c2)nnn1Cc1ccc(F)cc1. The number of anilines is 1. The summed E-state index contributed by atoms with van der Waals surface area (Å²) in [5.41, 5.74) is 3.20. The minimum atomic E-state index is -0.432. The summed E-state index contributed by atoms with van der Waals surface area (Å²) in [4.78, 5) is 12.5. The molecule has 27 heavy (non-hydrogen) atoms. The molecule has 0 aliphatic rings. The highest BCUT2D eigenvalue weighted by Gasteiger charge is 2.17. The molecule has 3 rings (SSSR count). The van der Waals surface area contributed by atoms with E-state index in [0.29, 0.717) is 29.1 Å². The van der Waals surface area contributed by atoms with Crippen molar-refractivity contribution in [2.45, 2.75) is 26.7 Å². The second-order valence-corrected chi connectivity index (χ2v) is 6.06. The van der Waals surface area contributed by atoms with E-state index < -0.39 is 5.91 Å². The number of amides is 1. The van der Waals surface area contributed by atoms with Crippen molar-refractivity contribution >= 4 is 11.6 Å². The number of aliphatic hydroxyl groups excluding tert-OH is 2. The number of nitrogens with one attached hydrogen (secondary N) is 1. The van der Waals surface area contributed by atoms with Gasteiger partial charge in [-0.1, -0.05) is 23.4 Å². The Hall–Kier alpha value is -3.10. The van der Waals surface area contributed by atoms with Crippen molar-refractivity contribution in [1.82, 2.24) is 15.0 Å². The number of hydrogen-bond acceptors (Lipinski definition) is 5. The van der Waals surface area contributed by atoms with Crippen LogP contribution in [0.3, 0.4) is 0 Å². The number of nitrogens with zero attached hydrogens (tertiary/aromatic N) is 3. The summed E-state index contributed by atoms with van der Waals surface area (Å²) < 4.78 is 14.6. The molecule has 1 heterocycles. The highest BCUT2D eigenvalue weighted by molar-refractivity contribution is 6.03. The fourth-order valence-electron chi connectivity index (χ4n) is 2.68. The minimum Gasteiger partial charge on any atom is -0.392 e. The predicted octanol–water partition coefficient (Wildman–Crippen LogP) is 2.01. The van der Waals surface area contributed by atoms with E-state index in [2.05, 4.69) is 15.6 Å². The molecule has 0 aliphatic heterocycles. The second kappa shape index (κ2) is 8.07. The van der Waals surface area contributed by atoms with Gasteiger partial charge in [0.05, 0.1) is 25.5 Å². The average molecular weight is 370 g/mol. The smallest absolute Gasteiger partial charge is 0.278 e. The first-order valence-corrected chi connectivity index (χ1v) is 8.31. The van der Waals surface area contributed by atoms with E-state index >= 15 is 0 Å². The van der Waals surface area contributed by atoms with Crippen LogP contribution in [0.5, 0.6) is 0 Å². The predicted molar refractivity (Wildman–Crippen MR) is 96.5 cm³/mol. The third-order valence-electron chi connectivity index (χ3n) is 4.25. The topological polar surface area (TPSA) is 100 Å². The van der Waals surface area contributed by atoms with Gasteiger partial charge in [-0.15, -0.1) is 5.10 Å². The zero-order valence-electron chi connectivity index (χ0n) is 14.7. The molecule has 3 N–H and O–H groups in total. The Morgan fingerprint density at radius 1 is 1.11 bits per heavy atom. The number of benzene rings is 2. The molecule has 3 aromatic rings. The van der Waals surface area contributed by atoms with Crippen molar-refractivity contribution in [2.75, 3.05) is 5.32 Å². The van der Waals surface area contributed by atoms with Crippen LogP contribution in [0, 0.1) is 12.7 Å². The second-order valence-electron chi connectivity index (χ2n) is 6.06. The Morgan fingerprint density at radius 2 is 1.81 bits per heavy atom. The van der Waals surface area contributed by atoms with Crippen LogP contribution in [0.25, 0.3) is 0 Å². The van der Waals surface area contributed by atoms with Crippen molar-refractivity contribution in [3.63, 3.8) is 0 Å². The Kier molecular flexibility index (Phi) is 5.58. The number of aromatic nitrogens is 3. The summed E-state index contributed by atoms with van der Waals surface area (Å²) in [5, 5.41) is 29.2. The first kappa shape index (κ1) is 18.7. The molecule has 0 aliphatic carbocycles. The van der Waals surface area contributed by atoms with Gasteiger partial charge in [-0.05, 0) is 47.9 Å². The van der Waals surface area contributed by atoms with E-state index in [1.165, 1.54) is 12.1 Å². The first-order chi connectivity index (χ1) is 13.0. The van der Waals surface area contributed by atoms with Gasteiger partial charge >= 0.3 is 0 Å². The van der Waals surface area contributed by atoms with Crippen LogP contribution in [0.4, 0.5) is 10.1 Å². The summed E-state index contributed by atoms with van der Waals surface area (Å²) in [5.74, 6) is -0.748. The van der Waals surface area contributed by atoms with Gasteiger partial charge in [-0.2, -0.15) is 0 Å². The Bertz CT molecular complexity index is 954. The number of hydrogen-bond donors (Lipinski definition) is 3. The molecular weight excluding hydrogens is 351 g/mol. The summed E-state index contributed by atoms with van der Waals surface area (Å²) in [6.45, 7) is 1.66. The Morgan fingerprint density at radius 3 is 2.48 bits per heavy atom. The van der Waals surface area contributed by atoms with Crippen LogP contribution in [-0.4, -0.2) is 31.1 Å². The van der Waals surface area contributed by atoms with E-state index in [1.54, 1.807) is 41.9 Å². The van der Waals surface area contributed by atoms with Crippen molar-refractivity contribution in [2.24, 2.45) is 0 Å². The molecular formula is C19H19FN4O3. The van der Waals surface area contributed by atoms with Crippen molar-refractivity contribution in [1.29, 1.82) is 0 Å². The summed E-state index contributed by atoms with van der Waals surface area (Å²) >= 11 is 0. The number of rotatable bonds is 6. The van der Waals surface area contributed by atoms with Gasteiger partial charge in [0.1, 0.15) is 5.82 Å². The summed E-state index contributed by atoms with van der Waals surface area (Å²) in [7, 11) is 0. The van der Waals surface area contributed by atoms with Gasteiger partial charge in [0.15, 0.2) is 5.69 Å². The molecule has 0 saturated carbocycles. The van der Waals surface area contributed by atoms with Crippen molar-refractivity contribution in [3.8, 4) is 0 Å². The van der Waals surface area contributed by atoms with Crippen molar-refractivity contribution in [3.05, 3.63) is 76.4 Å². The molecule has 1 aromatic heterocycles. The number of carbonyl (C=O) groups is 1. The zero-order chi connectivity index (χ0) is 19.4. The third-order valence-corrected chi connectivity index (χ3v) is 4.25. The molecule has 140 valence electrons. The van der Waals surface area contributed by atoms with Gasteiger partial charge in [-0.25, -0.2) is 9.07 Å². The summed E-state index contributed by atoms with van der Waals surface area (Å²) in [6.07, 6.45) is 0. The van der Waals surface area contributed by atoms with Crippen LogP contribution in [-0.2, 0) is 19.8 Å². The average Bonchev–Trinajstić information content (AvgIpc) is 3.04. The molecule has 8 heteroatoms. The maximum atomic E-state index is 13.0. The van der Waals surface area contributed by atoms with Crippen LogP contribution in [0.2, 0.25) is 0 Å². The lowest BCUT2D eigenvalue weighted by atomic mass is 10.1. The van der Waals surface area contributed by atoms with Gasteiger partial charge in [0.25, 0.3) is 5.91 Å². The highest BCUT2D eigenvalue weighted by atomic mass is 19.1. The van der Waals surface area contributed by atoms with Crippen LogP contribution in [0.1, 0.15) is 32.9 Å². The molecule has 7 nitrogen and oxygen atoms in total. The molecule has 1 amide bonds. The standard InChI is InChI=1S/C19H19FN4O3/c1-12-18(22-23-24(12)9-13-2-5-16(20)6-3-13)19(27)21-17-7-4-14(10-25)15(8-17)11-26/h2-8,25-26H,9-11H2,1H3,(H,21,27). The Labute approximate surface area is 155 Å². The van der Waals surface area contributed by atoms with E-state index in [9.17, 15) is 19.4 Å². The normalized spacial score (nSPS) is 10.8. The maximum absolute atomic E-state index is 13.0. The monoisotopic (exact) mass is 370 g/mol. The molecule has 0 fully saturated rings. The van der Waals surface area contributed by atoms with Crippen LogP contribution >= 0.6 is 0 Å². The van der Waals surface area contributed by atoms with E-state index in [4.69, 9.17) is 0 Å². The minimum absolute atomic E-state index is 0.175. The van der Waals surface area contributed by atoms with E-state index in [1.807, 2.05) is 0 Å². The molecule has 0 atom stereocenters. The van der Waals surface area contributed by atoms with Crippen molar-refractivity contribution < 1.29 is 19.4 Å². The fourth-order valence-corrected chi connectivity index (χ4v) is 2.68. The van der Waals surface area contributed by atoms with E-state index in [-0.39, 0.29) is 24.7 Å². The van der Waals surface area contributed by atoms with Gasteiger partial charge in [-0.3, -0.25) is 4.79 Å². The quantitative estimate of drug-likeness (QED) is 0.616. The highest BCUT2D eigenvalue weighted by Crippen LogP contribution is 2.18. The molecule has 0 saturated heterocycles. The largest absolute Gasteiger partial charge is 0.392 e. The number of halogens is 1. The number of aliphatic hydroxyl groups is 2. The van der Waals surface area contributed by atoms with Gasteiger partial charge in [0.2, 0.25) is 0 Å². The Balaban J connectivity index is 1.76. The molecule has 0 unspecified atom stereocenters. The lowest BCUT2D eigenvalue weighted by Crippen LogP contribution is -2.15. The van der Waals surface area contributed by atoms with E-state index in [0.717, 1.165) is 5.56 Å². The fraction of sp³-hybridized carbons (Fsp3) is 0.211. The first-order valence-electron chi connectivity index (χ1n) is 8.31. The maximum Gasteiger partial charge on any atom is 0.278 e. The van der Waals surface area contributed by atoms with Crippen LogP contribution < -0.4 is 5.32 Å². The molecule has 0 bridgehead atoms. The molecule has 0 spiro atoms. The molecule has 0 radical (unpaired) electrons. The lowest BCUT2D eigenvalue weighted by Gasteiger charge is -2.09. The van der Waals surface area contributed by atoms with Gasteiger partial charge in [0, 0.05) is 5.69 Å². The van der Waals surface area contributed by atoms with Crippen LogP contribution in [0.15, 0.2) is 42.5 Å². The lowest BCUT2D eigenvalue weighted by molar-refractivity contribution is 0.102. The van der Waals surface area contributed by atoms with Gasteiger partial charge < -0.3 is 15.5 Å².